The van der Waals surface area contributed by atoms with Crippen molar-refractivity contribution in [2.45, 2.75) is 39.5 Å². The van der Waals surface area contributed by atoms with Crippen LogP contribution in [0.3, 0.4) is 0 Å². The molecule has 0 atom stereocenters. The third kappa shape index (κ3) is 13.0. The number of carbonyl (C=O) groups is 2. The van der Waals surface area contributed by atoms with E-state index in [1.807, 2.05) is 13.8 Å². The van der Waals surface area contributed by atoms with Gasteiger partial charge in [0.2, 0.25) is 0 Å². The van der Waals surface area contributed by atoms with Gasteiger partial charge in [0.05, 0.1) is 46.3 Å². The number of aliphatic hydroxyl groups excluding tert-OH is 2. The monoisotopic (exact) mass is 927 g/mol. The minimum absolute atomic E-state index is 0. The second-order valence-electron chi connectivity index (χ2n) is 14.7. The third-order valence-corrected chi connectivity index (χ3v) is 10.2. The normalized spacial score (nSPS) is 11.0. The van der Waals surface area contributed by atoms with Gasteiger partial charge in [-0.1, -0.05) is 75.2 Å². The van der Waals surface area contributed by atoms with E-state index in [4.69, 9.17) is 0 Å². The molecule has 0 aromatic heterocycles. The standard InChI is InChI=1S/2C23H24N4O6.Na/c2*1-2-3-10-26(11-12-28)23(31)18-13-15-6-4-5-7-17(15)21(22(18)30)25-24-19-9-8-16(27(32)33)14-20(19)29;/h2*4-9,13-14,28-30H,2-3,10-12H2,1H3;. The topological polar surface area (TPSA) is 298 Å². The number of phenols is 4. The summed E-state index contributed by atoms with van der Waals surface area (Å²) in [5.41, 5.74) is -0.606. The van der Waals surface area contributed by atoms with Crippen molar-refractivity contribution in [1.82, 2.24) is 9.80 Å². The first kappa shape index (κ1) is 52.5. The number of hydrogen-bond acceptors (Lipinski definition) is 16. The molecular formula is C46H48N8NaO12. The number of non-ortho nitro benzene ring substituents is 2. The summed E-state index contributed by atoms with van der Waals surface area (Å²) in [6.45, 7) is 4.65. The van der Waals surface area contributed by atoms with Gasteiger partial charge in [-0.2, -0.15) is 0 Å². The number of hydrogen-bond donors (Lipinski definition) is 6. The van der Waals surface area contributed by atoms with E-state index in [1.165, 1.54) is 34.1 Å². The summed E-state index contributed by atoms with van der Waals surface area (Å²) in [7, 11) is 0. The van der Waals surface area contributed by atoms with Crippen molar-refractivity contribution < 1.29 is 50.1 Å². The Morgan fingerprint density at radius 2 is 0.925 bits per heavy atom. The Hall–Kier alpha value is -7.10. The maximum atomic E-state index is 13.2. The molecule has 0 aliphatic rings. The number of nitro benzene ring substituents is 2. The molecule has 345 valence electrons. The number of rotatable bonds is 18. The van der Waals surface area contributed by atoms with Crippen LogP contribution in [0.5, 0.6) is 23.0 Å². The molecule has 6 aromatic carbocycles. The molecule has 0 bridgehead atoms. The Labute approximate surface area is 405 Å². The first-order valence-corrected chi connectivity index (χ1v) is 20.8. The fourth-order valence-electron chi connectivity index (χ4n) is 6.70. The molecule has 0 aliphatic heterocycles. The first-order chi connectivity index (χ1) is 31.7. The fraction of sp³-hybridized carbons (Fsp3) is 0.261. The molecule has 0 saturated heterocycles. The maximum Gasteiger partial charge on any atom is 0.273 e. The molecule has 0 saturated carbocycles. The molecule has 0 aliphatic carbocycles. The summed E-state index contributed by atoms with van der Waals surface area (Å²) < 4.78 is 0. The molecule has 1 radical (unpaired) electrons. The fourth-order valence-corrected chi connectivity index (χ4v) is 6.70. The van der Waals surface area contributed by atoms with E-state index in [2.05, 4.69) is 20.5 Å². The van der Waals surface area contributed by atoms with Crippen LogP contribution in [-0.2, 0) is 0 Å². The minimum Gasteiger partial charge on any atom is -0.505 e. The third-order valence-electron chi connectivity index (χ3n) is 10.2. The van der Waals surface area contributed by atoms with Crippen LogP contribution in [-0.4, -0.2) is 131 Å². The molecular weight excluding hydrogens is 880 g/mol. The van der Waals surface area contributed by atoms with Crippen LogP contribution in [0.1, 0.15) is 60.2 Å². The van der Waals surface area contributed by atoms with E-state index in [9.17, 15) is 60.5 Å². The number of unbranched alkanes of at least 4 members (excludes halogenated alkanes) is 2. The number of aliphatic hydroxyl groups is 2. The quantitative estimate of drug-likeness (QED) is 0.0203. The smallest absolute Gasteiger partial charge is 0.273 e. The molecule has 21 heteroatoms. The number of carbonyl (C=O) groups excluding carboxylic acids is 2. The van der Waals surface area contributed by atoms with Crippen LogP contribution in [0.15, 0.2) is 118 Å². The zero-order valence-corrected chi connectivity index (χ0v) is 39.0. The molecule has 0 fully saturated rings. The Bertz CT molecular complexity index is 2620. The van der Waals surface area contributed by atoms with Gasteiger partial charge in [0.1, 0.15) is 34.2 Å². The van der Waals surface area contributed by atoms with Crippen molar-refractivity contribution >= 4 is 97.0 Å². The van der Waals surface area contributed by atoms with Gasteiger partial charge in [-0.3, -0.25) is 29.8 Å². The predicted octanol–water partition coefficient (Wildman–Crippen LogP) is 9.24. The molecule has 0 spiro atoms. The van der Waals surface area contributed by atoms with Gasteiger partial charge in [0.25, 0.3) is 23.2 Å². The van der Waals surface area contributed by atoms with E-state index in [1.54, 1.807) is 60.7 Å². The number of fused-ring (bicyclic) bond motifs is 2. The molecule has 67 heavy (non-hydrogen) atoms. The van der Waals surface area contributed by atoms with Crippen molar-refractivity contribution in [2.75, 3.05) is 39.4 Å². The van der Waals surface area contributed by atoms with Gasteiger partial charge in [0.15, 0.2) is 11.5 Å². The van der Waals surface area contributed by atoms with E-state index >= 15 is 0 Å². The summed E-state index contributed by atoms with van der Waals surface area (Å²) in [4.78, 5) is 49.7. The van der Waals surface area contributed by atoms with Crippen LogP contribution in [0.2, 0.25) is 0 Å². The van der Waals surface area contributed by atoms with Crippen LogP contribution < -0.4 is 0 Å². The summed E-state index contributed by atoms with van der Waals surface area (Å²) >= 11 is 0. The van der Waals surface area contributed by atoms with E-state index in [-0.39, 0.29) is 113 Å². The van der Waals surface area contributed by atoms with Crippen molar-refractivity contribution in [3.63, 3.8) is 0 Å². The number of benzene rings is 6. The van der Waals surface area contributed by atoms with E-state index in [0.717, 1.165) is 37.8 Å². The molecule has 0 unspecified atom stereocenters. The molecule has 20 nitrogen and oxygen atoms in total. The minimum atomic E-state index is -0.647. The van der Waals surface area contributed by atoms with Gasteiger partial charge < -0.3 is 40.4 Å². The summed E-state index contributed by atoms with van der Waals surface area (Å²) in [5, 5.41) is 101. The second kappa shape index (κ2) is 25.0. The van der Waals surface area contributed by atoms with Crippen LogP contribution in [0.25, 0.3) is 21.5 Å². The number of azo groups is 2. The van der Waals surface area contributed by atoms with Crippen molar-refractivity contribution in [2.24, 2.45) is 20.5 Å². The zero-order valence-electron chi connectivity index (χ0n) is 37.0. The summed E-state index contributed by atoms with van der Waals surface area (Å²) in [5.74, 6) is -2.56. The largest absolute Gasteiger partial charge is 0.505 e. The van der Waals surface area contributed by atoms with Gasteiger partial charge in [0, 0.05) is 78.6 Å². The van der Waals surface area contributed by atoms with Gasteiger partial charge in [-0.05, 0) is 47.9 Å². The first-order valence-electron chi connectivity index (χ1n) is 20.8. The molecule has 6 N–H and O–H groups in total. The molecule has 6 aromatic rings. The second-order valence-corrected chi connectivity index (χ2v) is 14.7. The number of nitrogens with zero attached hydrogens (tertiary/aromatic N) is 8. The predicted molar refractivity (Wildman–Crippen MR) is 251 cm³/mol. The Morgan fingerprint density at radius 3 is 1.25 bits per heavy atom. The molecule has 0 heterocycles. The van der Waals surface area contributed by atoms with Gasteiger partial charge >= 0.3 is 0 Å². The van der Waals surface area contributed by atoms with Gasteiger partial charge in [-0.15, -0.1) is 20.5 Å². The maximum absolute atomic E-state index is 13.2. The number of phenolic OH excluding ortho intramolecular Hbond substituents is 4. The van der Waals surface area contributed by atoms with Crippen LogP contribution in [0.4, 0.5) is 34.1 Å². The molecule has 6 rings (SSSR count). The number of nitro groups is 2. The van der Waals surface area contributed by atoms with E-state index in [0.29, 0.717) is 34.6 Å². The number of aromatic hydroxyl groups is 4. The average molecular weight is 928 g/mol. The number of amides is 2. The Balaban J connectivity index is 0.000000288. The summed E-state index contributed by atoms with van der Waals surface area (Å²) in [6.07, 6.45) is 3.20. The van der Waals surface area contributed by atoms with Crippen molar-refractivity contribution in [3.8, 4) is 23.0 Å². The zero-order chi connectivity index (χ0) is 47.9. The molecule has 2 amide bonds. The average Bonchev–Trinajstić information content (AvgIpc) is 3.31. The van der Waals surface area contributed by atoms with Crippen molar-refractivity contribution in [3.05, 3.63) is 128 Å². The van der Waals surface area contributed by atoms with Gasteiger partial charge in [-0.25, -0.2) is 0 Å². The van der Waals surface area contributed by atoms with E-state index < -0.39 is 33.2 Å². The van der Waals surface area contributed by atoms with Crippen molar-refractivity contribution in [1.29, 1.82) is 0 Å². The van der Waals surface area contributed by atoms with Crippen LogP contribution in [0, 0.1) is 20.2 Å². The Morgan fingerprint density at radius 1 is 0.552 bits per heavy atom. The SMILES string of the molecule is CCCCN(CCO)C(=O)c1cc2ccccc2c(N=Nc2ccc([N+](=O)[O-])cc2O)c1O.CCCCN(CCO)C(=O)c1cc2ccccc2c(N=Nc2ccc([N+](=O)[O-])cc2O)c1O.[Na]. The van der Waals surface area contributed by atoms with Crippen LogP contribution >= 0.6 is 0 Å². The summed E-state index contributed by atoms with van der Waals surface area (Å²) in [6, 6.07) is 23.8. The Kier molecular flexibility index (Phi) is 19.6.